The van der Waals surface area contributed by atoms with Crippen LogP contribution >= 0.6 is 0 Å². The molecule has 24 heavy (non-hydrogen) atoms. The molecule has 1 aromatic rings. The molecule has 0 spiro atoms. The Bertz CT molecular complexity index is 632. The van der Waals surface area contributed by atoms with E-state index in [0.717, 1.165) is 25.7 Å². The van der Waals surface area contributed by atoms with Gasteiger partial charge in [-0.3, -0.25) is 0 Å². The van der Waals surface area contributed by atoms with E-state index in [1.54, 1.807) is 12.5 Å². The molecule has 4 heteroatoms. The second-order valence-corrected chi connectivity index (χ2v) is 8.22. The molecule has 0 amide bonds. The topological polar surface area (TPSA) is 73.5 Å². The molecule has 132 valence electrons. The molecule has 4 nitrogen and oxygen atoms in total. The Morgan fingerprint density at radius 3 is 2.83 bits per heavy atom. The Balaban J connectivity index is 1.93. The molecule has 0 radical (unpaired) electrons. The van der Waals surface area contributed by atoms with Crippen molar-refractivity contribution in [1.29, 1.82) is 0 Å². The standard InChI is InChI=1S/C20H28O4/c1-13-4-7-20(3)16(18(22)23)10-15(21)11-17(20)19(13,2)8-5-14-6-9-24-12-14/h6,9-10,12-13,15,17,21H,4-5,7-8,11H2,1-3H3,(H,22,23)/p-1/t13-,15-,17-,19+,20-/m1/s1. The number of hydrogen-bond donors (Lipinski definition) is 1. The van der Waals surface area contributed by atoms with Crippen LogP contribution in [0.5, 0.6) is 0 Å². The van der Waals surface area contributed by atoms with Crippen LogP contribution in [0.25, 0.3) is 0 Å². The number of furan rings is 1. The van der Waals surface area contributed by atoms with Gasteiger partial charge in [-0.15, -0.1) is 0 Å². The molecule has 1 aromatic heterocycles. The van der Waals surface area contributed by atoms with Crippen molar-refractivity contribution in [3.63, 3.8) is 0 Å². The third-order valence-electron chi connectivity index (χ3n) is 6.99. The quantitative estimate of drug-likeness (QED) is 0.920. The summed E-state index contributed by atoms with van der Waals surface area (Å²) in [4.78, 5) is 11.7. The lowest BCUT2D eigenvalue weighted by Crippen LogP contribution is -2.54. The molecular formula is C20H27O4-. The van der Waals surface area contributed by atoms with Gasteiger partial charge in [-0.25, -0.2) is 0 Å². The summed E-state index contributed by atoms with van der Waals surface area (Å²) in [6.07, 6.45) is 8.60. The van der Waals surface area contributed by atoms with Crippen LogP contribution < -0.4 is 5.11 Å². The van der Waals surface area contributed by atoms with Crippen LogP contribution in [0.4, 0.5) is 0 Å². The average molecular weight is 331 g/mol. The zero-order valence-electron chi connectivity index (χ0n) is 14.7. The fraction of sp³-hybridized carbons (Fsp3) is 0.650. The van der Waals surface area contributed by atoms with Crippen molar-refractivity contribution < 1.29 is 19.4 Å². The number of aliphatic hydroxyl groups excluding tert-OH is 1. The Labute approximate surface area is 143 Å². The lowest BCUT2D eigenvalue weighted by Gasteiger charge is -2.59. The lowest BCUT2D eigenvalue weighted by molar-refractivity contribution is -0.302. The predicted octanol–water partition coefficient (Wildman–Crippen LogP) is 2.71. The van der Waals surface area contributed by atoms with Crippen LogP contribution in [0.2, 0.25) is 0 Å². The number of aliphatic carboxylic acids is 1. The normalized spacial score (nSPS) is 39.2. The molecule has 1 N–H and O–H groups in total. The van der Waals surface area contributed by atoms with Gasteiger partial charge in [-0.05, 0) is 72.0 Å². The van der Waals surface area contributed by atoms with Crippen LogP contribution in [0.1, 0.15) is 52.0 Å². The summed E-state index contributed by atoms with van der Waals surface area (Å²) < 4.78 is 5.17. The summed E-state index contributed by atoms with van der Waals surface area (Å²) in [6.45, 7) is 6.58. The van der Waals surface area contributed by atoms with Crippen LogP contribution in [0, 0.1) is 22.7 Å². The fourth-order valence-electron chi connectivity index (χ4n) is 5.21. The van der Waals surface area contributed by atoms with E-state index in [4.69, 9.17) is 4.42 Å². The minimum atomic E-state index is -1.13. The van der Waals surface area contributed by atoms with E-state index in [9.17, 15) is 15.0 Å². The summed E-state index contributed by atoms with van der Waals surface area (Å²) in [5, 5.41) is 22.0. The van der Waals surface area contributed by atoms with Gasteiger partial charge in [0.15, 0.2) is 0 Å². The molecule has 5 atom stereocenters. The van der Waals surface area contributed by atoms with E-state index in [0.29, 0.717) is 17.9 Å². The van der Waals surface area contributed by atoms with Crippen molar-refractivity contribution in [2.24, 2.45) is 22.7 Å². The zero-order chi connectivity index (χ0) is 17.5. The van der Waals surface area contributed by atoms with Gasteiger partial charge in [0, 0.05) is 0 Å². The summed E-state index contributed by atoms with van der Waals surface area (Å²) in [5.41, 5.74) is 1.02. The first kappa shape index (κ1) is 17.3. The van der Waals surface area contributed by atoms with E-state index >= 15 is 0 Å². The fourth-order valence-corrected chi connectivity index (χ4v) is 5.21. The van der Waals surface area contributed by atoms with Crippen molar-refractivity contribution in [1.82, 2.24) is 0 Å². The number of carbonyl (C=O) groups excluding carboxylic acids is 1. The first-order chi connectivity index (χ1) is 11.3. The molecule has 1 fully saturated rings. The third kappa shape index (κ3) is 2.71. The number of carboxylic acids is 1. The average Bonchev–Trinajstić information content (AvgIpc) is 3.04. The smallest absolute Gasteiger partial charge is 0.0934 e. The van der Waals surface area contributed by atoms with Crippen molar-refractivity contribution >= 4 is 5.97 Å². The van der Waals surface area contributed by atoms with Crippen LogP contribution in [-0.2, 0) is 11.2 Å². The minimum absolute atomic E-state index is 0.0276. The van der Waals surface area contributed by atoms with Gasteiger partial charge in [0.2, 0.25) is 0 Å². The van der Waals surface area contributed by atoms with Crippen molar-refractivity contribution in [2.75, 3.05) is 0 Å². The van der Waals surface area contributed by atoms with E-state index in [-0.39, 0.29) is 11.3 Å². The molecule has 1 saturated carbocycles. The Morgan fingerprint density at radius 2 is 2.21 bits per heavy atom. The van der Waals surface area contributed by atoms with Gasteiger partial charge in [0.25, 0.3) is 0 Å². The van der Waals surface area contributed by atoms with Gasteiger partial charge < -0.3 is 19.4 Å². The summed E-state index contributed by atoms with van der Waals surface area (Å²) in [7, 11) is 0. The number of carbonyl (C=O) groups is 1. The molecule has 1 heterocycles. The van der Waals surface area contributed by atoms with Crippen molar-refractivity contribution in [3.8, 4) is 0 Å². The highest BCUT2D eigenvalue weighted by Gasteiger charge is 2.55. The number of aryl methyl sites for hydroxylation is 1. The molecule has 2 aliphatic carbocycles. The van der Waals surface area contributed by atoms with Gasteiger partial charge in [-0.1, -0.05) is 26.8 Å². The molecule has 0 aliphatic heterocycles. The summed E-state index contributed by atoms with van der Waals surface area (Å²) in [6, 6.07) is 1.98. The van der Waals surface area contributed by atoms with Gasteiger partial charge in [0.1, 0.15) is 0 Å². The molecule has 0 aromatic carbocycles. The second-order valence-electron chi connectivity index (χ2n) is 8.22. The van der Waals surface area contributed by atoms with Crippen LogP contribution in [0.15, 0.2) is 34.7 Å². The maximum Gasteiger partial charge on any atom is 0.0934 e. The number of carboxylic acid groups (broad SMARTS) is 1. The summed E-state index contributed by atoms with van der Waals surface area (Å²) in [5.74, 6) is -0.516. The molecular weight excluding hydrogens is 304 g/mol. The van der Waals surface area contributed by atoms with Crippen LogP contribution in [-0.4, -0.2) is 17.2 Å². The number of hydrogen-bond acceptors (Lipinski definition) is 4. The monoisotopic (exact) mass is 331 g/mol. The van der Waals surface area contributed by atoms with E-state index in [1.807, 2.05) is 13.0 Å². The highest BCUT2D eigenvalue weighted by Crippen LogP contribution is 2.61. The first-order valence-electron chi connectivity index (χ1n) is 8.90. The van der Waals surface area contributed by atoms with Crippen molar-refractivity contribution in [2.45, 2.75) is 59.0 Å². The molecule has 2 aliphatic rings. The molecule has 0 unspecified atom stereocenters. The molecule has 0 bridgehead atoms. The van der Waals surface area contributed by atoms with Gasteiger partial charge in [0.05, 0.1) is 24.6 Å². The SMILES string of the molecule is C[C@@H]1CC[C@]2(C)C(C(=O)[O-])=C[C@@H](O)C[C@@H]2[C@@]1(C)CCc1ccoc1. The Kier molecular flexibility index (Phi) is 4.37. The third-order valence-corrected chi connectivity index (χ3v) is 6.99. The first-order valence-corrected chi connectivity index (χ1v) is 8.90. The van der Waals surface area contributed by atoms with E-state index in [1.165, 1.54) is 11.6 Å². The number of aliphatic hydroxyl groups is 1. The largest absolute Gasteiger partial charge is 0.545 e. The number of rotatable bonds is 4. The number of fused-ring (bicyclic) bond motifs is 1. The predicted molar refractivity (Wildman–Crippen MR) is 88.8 cm³/mol. The molecule has 0 saturated heterocycles. The molecule has 3 rings (SSSR count). The van der Waals surface area contributed by atoms with Gasteiger partial charge in [-0.2, -0.15) is 0 Å². The van der Waals surface area contributed by atoms with Crippen molar-refractivity contribution in [3.05, 3.63) is 35.8 Å². The summed E-state index contributed by atoms with van der Waals surface area (Å²) >= 11 is 0. The maximum atomic E-state index is 11.7. The Hall–Kier alpha value is -1.55. The van der Waals surface area contributed by atoms with Gasteiger partial charge >= 0.3 is 0 Å². The maximum absolute atomic E-state index is 11.7. The van der Waals surface area contributed by atoms with Crippen LogP contribution in [0.3, 0.4) is 0 Å². The van der Waals surface area contributed by atoms with E-state index < -0.39 is 17.5 Å². The minimum Gasteiger partial charge on any atom is -0.545 e. The van der Waals surface area contributed by atoms with E-state index in [2.05, 4.69) is 13.8 Å². The second kappa shape index (κ2) is 6.07. The lowest BCUT2D eigenvalue weighted by atomic mass is 9.46. The zero-order valence-corrected chi connectivity index (χ0v) is 14.7. The Morgan fingerprint density at radius 1 is 1.46 bits per heavy atom. The highest BCUT2D eigenvalue weighted by atomic mass is 16.4. The highest BCUT2D eigenvalue weighted by molar-refractivity contribution is 5.87.